The molecule has 0 radical (unpaired) electrons. The second-order valence-corrected chi connectivity index (χ2v) is 9.48. The molecule has 10 heteroatoms. The number of hydrogen-bond donors (Lipinski definition) is 2. The van der Waals surface area contributed by atoms with Gasteiger partial charge in [0.25, 0.3) is 11.8 Å². The lowest BCUT2D eigenvalue weighted by Crippen LogP contribution is -2.36. The average Bonchev–Trinajstić information content (AvgIpc) is 2.91. The van der Waals surface area contributed by atoms with Gasteiger partial charge in [-0.25, -0.2) is 8.42 Å². The van der Waals surface area contributed by atoms with E-state index in [0.29, 0.717) is 22.8 Å². The van der Waals surface area contributed by atoms with E-state index in [4.69, 9.17) is 16.3 Å². The summed E-state index contributed by atoms with van der Waals surface area (Å²) in [6, 6.07) is 11.3. The molecule has 0 saturated carbocycles. The van der Waals surface area contributed by atoms with Crippen LogP contribution < -0.4 is 19.7 Å². The number of amides is 2. The predicted octanol–water partition coefficient (Wildman–Crippen LogP) is 3.04. The molecule has 8 nitrogen and oxygen atoms in total. The van der Waals surface area contributed by atoms with Crippen molar-refractivity contribution < 1.29 is 22.7 Å². The first-order valence-electron chi connectivity index (χ1n) is 9.82. The monoisotopic (exact) mass is 465 g/mol. The van der Waals surface area contributed by atoms with E-state index in [9.17, 15) is 18.0 Å². The fraction of sp³-hybridized carbons (Fsp3) is 0.333. The molecule has 2 aromatic rings. The van der Waals surface area contributed by atoms with Crippen molar-refractivity contribution in [3.8, 4) is 5.75 Å². The lowest BCUT2D eigenvalue weighted by Gasteiger charge is -2.21. The Kier molecular flexibility index (Phi) is 7.07. The maximum absolute atomic E-state index is 13.0. The zero-order valence-electron chi connectivity index (χ0n) is 17.2. The zero-order chi connectivity index (χ0) is 22.6. The van der Waals surface area contributed by atoms with Gasteiger partial charge in [0.15, 0.2) is 6.10 Å². The average molecular weight is 466 g/mol. The third kappa shape index (κ3) is 5.48. The highest BCUT2D eigenvalue weighted by Crippen LogP contribution is 2.36. The summed E-state index contributed by atoms with van der Waals surface area (Å²) in [6.07, 6.45) is 1.04. The number of fused-ring (bicyclic) bond motifs is 1. The topological polar surface area (TPSA) is 105 Å². The van der Waals surface area contributed by atoms with Crippen LogP contribution in [0.4, 0.5) is 11.4 Å². The molecule has 31 heavy (non-hydrogen) atoms. The van der Waals surface area contributed by atoms with Crippen LogP contribution in [0, 0.1) is 0 Å². The van der Waals surface area contributed by atoms with Crippen molar-refractivity contribution in [1.82, 2.24) is 5.32 Å². The van der Waals surface area contributed by atoms with E-state index in [1.807, 2.05) is 6.92 Å². The molecular formula is C21H24ClN3O5S. The number of nitrogens with one attached hydrogen (secondary N) is 2. The molecule has 2 aromatic carbocycles. The van der Waals surface area contributed by atoms with Crippen LogP contribution in [0.1, 0.15) is 30.1 Å². The number of halogens is 1. The van der Waals surface area contributed by atoms with Crippen molar-refractivity contribution in [2.45, 2.75) is 25.9 Å². The lowest BCUT2D eigenvalue weighted by atomic mass is 10.1. The summed E-state index contributed by atoms with van der Waals surface area (Å²) in [4.78, 5) is 25.4. The maximum atomic E-state index is 13.0. The molecule has 1 heterocycles. The minimum absolute atomic E-state index is 0.0445. The summed E-state index contributed by atoms with van der Waals surface area (Å²) in [5.41, 5.74) is 0.970. The minimum Gasteiger partial charge on any atom is -0.478 e. The van der Waals surface area contributed by atoms with Gasteiger partial charge in [-0.1, -0.05) is 30.7 Å². The van der Waals surface area contributed by atoms with Gasteiger partial charge in [-0.3, -0.25) is 13.9 Å². The molecule has 0 aliphatic carbocycles. The van der Waals surface area contributed by atoms with Crippen molar-refractivity contribution in [2.24, 2.45) is 0 Å². The molecule has 0 aromatic heterocycles. The number of ether oxygens (including phenoxy) is 1. The van der Waals surface area contributed by atoms with Gasteiger partial charge in [0.1, 0.15) is 5.75 Å². The Morgan fingerprint density at radius 2 is 1.97 bits per heavy atom. The van der Waals surface area contributed by atoms with Gasteiger partial charge in [-0.15, -0.1) is 0 Å². The Bertz CT molecular complexity index is 1090. The molecule has 0 bridgehead atoms. The van der Waals surface area contributed by atoms with E-state index < -0.39 is 22.0 Å². The van der Waals surface area contributed by atoms with Crippen LogP contribution >= 0.6 is 11.6 Å². The summed E-state index contributed by atoms with van der Waals surface area (Å²) in [7, 11) is -3.60. The third-order valence-corrected chi connectivity index (χ3v) is 6.13. The first-order chi connectivity index (χ1) is 14.7. The van der Waals surface area contributed by atoms with E-state index in [-0.39, 0.29) is 30.3 Å². The number of sulfonamides is 1. The first kappa shape index (κ1) is 22.9. The number of hydrogen-bond acceptors (Lipinski definition) is 5. The van der Waals surface area contributed by atoms with Crippen molar-refractivity contribution in [3.05, 3.63) is 53.1 Å². The minimum atomic E-state index is -3.60. The van der Waals surface area contributed by atoms with E-state index >= 15 is 0 Å². The number of anilines is 2. The molecule has 1 aliphatic heterocycles. The predicted molar refractivity (Wildman–Crippen MR) is 120 cm³/mol. The number of carbonyl (C=O) groups excluding carboxylic acids is 2. The smallest absolute Gasteiger partial charge is 0.265 e. The number of carbonyl (C=O) groups is 2. The standard InChI is InChI=1S/C21H24ClN3O5S/c1-3-11-23-20(26)15-6-4-5-7-16(15)24-21(27)19-10-12-25(31(2,28)29)17-13-14(22)8-9-18(17)30-19/h4-9,13,19H,3,10-12H2,1-2H3,(H,23,26)(H,24,27)/t19-/m1/s1. The van der Waals surface area contributed by atoms with Gasteiger partial charge in [0.2, 0.25) is 10.0 Å². The summed E-state index contributed by atoms with van der Waals surface area (Å²) >= 11 is 6.04. The fourth-order valence-corrected chi connectivity index (χ4v) is 4.32. The number of rotatable bonds is 6. The highest BCUT2D eigenvalue weighted by atomic mass is 35.5. The van der Waals surface area contributed by atoms with Gasteiger partial charge >= 0.3 is 0 Å². The molecule has 0 spiro atoms. The summed E-state index contributed by atoms with van der Waals surface area (Å²) < 4.78 is 31.6. The van der Waals surface area contributed by atoms with Gasteiger partial charge in [0.05, 0.1) is 23.2 Å². The van der Waals surface area contributed by atoms with Crippen LogP contribution in [0.15, 0.2) is 42.5 Å². The second-order valence-electron chi connectivity index (χ2n) is 7.13. The fourth-order valence-electron chi connectivity index (χ4n) is 3.22. The van der Waals surface area contributed by atoms with Gasteiger partial charge in [-0.05, 0) is 36.8 Å². The Balaban J connectivity index is 1.84. The normalized spacial score (nSPS) is 16.0. The van der Waals surface area contributed by atoms with E-state index in [0.717, 1.165) is 12.7 Å². The van der Waals surface area contributed by atoms with E-state index in [1.54, 1.807) is 30.3 Å². The molecule has 1 aliphatic rings. The molecular weight excluding hydrogens is 442 g/mol. The van der Waals surface area contributed by atoms with Crippen molar-refractivity contribution >= 4 is 44.8 Å². The lowest BCUT2D eigenvalue weighted by molar-refractivity contribution is -0.122. The van der Waals surface area contributed by atoms with Crippen LogP contribution in [0.2, 0.25) is 5.02 Å². The van der Waals surface area contributed by atoms with Crippen molar-refractivity contribution in [2.75, 3.05) is 29.0 Å². The van der Waals surface area contributed by atoms with Gasteiger partial charge in [-0.2, -0.15) is 0 Å². The van der Waals surface area contributed by atoms with E-state index in [2.05, 4.69) is 10.6 Å². The molecule has 0 saturated heterocycles. The Morgan fingerprint density at radius 3 is 2.68 bits per heavy atom. The molecule has 0 unspecified atom stereocenters. The van der Waals surface area contributed by atoms with Crippen LogP contribution in [-0.2, 0) is 14.8 Å². The SMILES string of the molecule is CCCNC(=O)c1ccccc1NC(=O)[C@H]1CCN(S(C)(=O)=O)c2cc(Cl)ccc2O1. The van der Waals surface area contributed by atoms with Crippen LogP contribution in [0.25, 0.3) is 0 Å². The summed E-state index contributed by atoms with van der Waals surface area (Å²) in [5, 5.41) is 5.88. The Labute approximate surface area is 186 Å². The highest BCUT2D eigenvalue weighted by molar-refractivity contribution is 7.92. The maximum Gasteiger partial charge on any atom is 0.265 e. The Morgan fingerprint density at radius 1 is 1.23 bits per heavy atom. The molecule has 1 atom stereocenters. The van der Waals surface area contributed by atoms with Crippen molar-refractivity contribution in [3.63, 3.8) is 0 Å². The second kappa shape index (κ2) is 9.57. The third-order valence-electron chi connectivity index (χ3n) is 4.71. The van der Waals surface area contributed by atoms with E-state index in [1.165, 1.54) is 16.4 Å². The summed E-state index contributed by atoms with van der Waals surface area (Å²) in [5.74, 6) is -0.531. The zero-order valence-corrected chi connectivity index (χ0v) is 18.8. The first-order valence-corrected chi connectivity index (χ1v) is 12.1. The molecule has 2 N–H and O–H groups in total. The van der Waals surface area contributed by atoms with Crippen molar-refractivity contribution in [1.29, 1.82) is 0 Å². The van der Waals surface area contributed by atoms with Gasteiger partial charge in [0, 0.05) is 24.5 Å². The van der Waals surface area contributed by atoms with Gasteiger partial charge < -0.3 is 15.4 Å². The quantitative estimate of drug-likeness (QED) is 0.682. The largest absolute Gasteiger partial charge is 0.478 e. The molecule has 2 amide bonds. The molecule has 166 valence electrons. The Hall–Kier alpha value is -2.78. The van der Waals surface area contributed by atoms with Crippen LogP contribution in [0.3, 0.4) is 0 Å². The number of para-hydroxylation sites is 1. The van der Waals surface area contributed by atoms with Crippen LogP contribution in [-0.4, -0.2) is 45.7 Å². The highest BCUT2D eigenvalue weighted by Gasteiger charge is 2.31. The molecule has 0 fully saturated rings. The molecule has 3 rings (SSSR count). The van der Waals surface area contributed by atoms with Crippen LogP contribution in [0.5, 0.6) is 5.75 Å². The number of nitrogens with zero attached hydrogens (tertiary/aromatic N) is 1. The number of benzene rings is 2. The summed E-state index contributed by atoms with van der Waals surface area (Å²) in [6.45, 7) is 2.51.